The smallest absolute Gasteiger partial charge is 0.338 e. The minimum Gasteiger partial charge on any atom is -0.452 e. The van der Waals surface area contributed by atoms with Gasteiger partial charge in [-0.25, -0.2) is 4.79 Å². The van der Waals surface area contributed by atoms with E-state index < -0.39 is 10.9 Å². The van der Waals surface area contributed by atoms with E-state index in [2.05, 4.69) is 5.32 Å². The molecule has 0 heterocycles. The number of amides is 1. The Kier molecular flexibility index (Phi) is 7.97. The average Bonchev–Trinajstić information content (AvgIpc) is 2.67. The highest BCUT2D eigenvalue weighted by Gasteiger charge is 2.17. The molecule has 0 unspecified atom stereocenters. The van der Waals surface area contributed by atoms with Crippen molar-refractivity contribution < 1.29 is 24.0 Å². The van der Waals surface area contributed by atoms with E-state index in [1.165, 1.54) is 42.5 Å². The number of carbonyl (C=O) groups excluding carboxylic acids is 2. The van der Waals surface area contributed by atoms with E-state index in [1.54, 1.807) is 0 Å². The predicted octanol–water partition coefficient (Wildman–Crippen LogP) is 4.36. The lowest BCUT2D eigenvalue weighted by Crippen LogP contribution is -2.30. The largest absolute Gasteiger partial charge is 0.452 e. The molecule has 0 radical (unpaired) electrons. The van der Waals surface area contributed by atoms with E-state index in [0.29, 0.717) is 18.2 Å². The number of benzene rings is 2. The minimum atomic E-state index is -0.659. The number of hydrogen-bond donors (Lipinski definition) is 1. The first kappa shape index (κ1) is 22.2. The molecule has 2 aromatic carbocycles. The Morgan fingerprint density at radius 1 is 1.17 bits per heavy atom. The molecule has 0 bridgehead atoms. The van der Waals surface area contributed by atoms with Crippen molar-refractivity contribution in [2.75, 3.05) is 13.2 Å². The van der Waals surface area contributed by atoms with E-state index in [4.69, 9.17) is 21.1 Å². The van der Waals surface area contributed by atoms with Gasteiger partial charge in [-0.15, -0.1) is 0 Å². The van der Waals surface area contributed by atoms with Crippen LogP contribution < -0.4 is 10.1 Å². The third kappa shape index (κ3) is 7.08. The van der Waals surface area contributed by atoms with Crippen molar-refractivity contribution in [1.82, 2.24) is 5.32 Å². The number of nitrogens with zero attached hydrogens (tertiary/aromatic N) is 1. The topological polar surface area (TPSA) is 108 Å². The number of nitrogens with one attached hydrogen (secondary N) is 1. The van der Waals surface area contributed by atoms with Crippen molar-refractivity contribution >= 4 is 29.2 Å². The maximum absolute atomic E-state index is 12.0. The van der Waals surface area contributed by atoms with Gasteiger partial charge in [0, 0.05) is 17.6 Å². The molecule has 0 fully saturated rings. The Morgan fingerprint density at radius 3 is 2.48 bits per heavy atom. The van der Waals surface area contributed by atoms with Crippen LogP contribution in [0.25, 0.3) is 0 Å². The molecule has 0 aliphatic heterocycles. The zero-order valence-electron chi connectivity index (χ0n) is 16.0. The second-order valence-electron chi connectivity index (χ2n) is 6.60. The molecular formula is C20H21ClN2O6. The monoisotopic (exact) mass is 420 g/mol. The molecular weight excluding hydrogens is 400 g/mol. The van der Waals surface area contributed by atoms with Crippen LogP contribution in [0, 0.1) is 16.0 Å². The van der Waals surface area contributed by atoms with E-state index >= 15 is 0 Å². The van der Waals surface area contributed by atoms with Gasteiger partial charge >= 0.3 is 11.7 Å². The number of halogens is 1. The van der Waals surface area contributed by atoms with Crippen molar-refractivity contribution in [3.05, 3.63) is 63.2 Å². The third-order valence-corrected chi connectivity index (χ3v) is 4.05. The third-order valence-electron chi connectivity index (χ3n) is 3.81. The maximum Gasteiger partial charge on any atom is 0.338 e. The Labute approximate surface area is 172 Å². The van der Waals surface area contributed by atoms with Crippen molar-refractivity contribution in [2.45, 2.75) is 20.3 Å². The van der Waals surface area contributed by atoms with Crippen molar-refractivity contribution in [3.63, 3.8) is 0 Å². The Balaban J connectivity index is 1.92. The van der Waals surface area contributed by atoms with Crippen molar-refractivity contribution in [1.29, 1.82) is 0 Å². The summed E-state index contributed by atoms with van der Waals surface area (Å²) in [5.74, 6) is -0.249. The molecule has 9 heteroatoms. The Bertz CT molecular complexity index is 883. The lowest BCUT2D eigenvalue weighted by atomic mass is 10.1. The summed E-state index contributed by atoms with van der Waals surface area (Å²) in [4.78, 5) is 34.2. The lowest BCUT2D eigenvalue weighted by molar-refractivity contribution is -0.385. The fraction of sp³-hybridized carbons (Fsp3) is 0.300. The SMILES string of the molecule is CC(C)CCNC(=O)COC(=O)c1ccc(Oc2ccc(Cl)cc2[N+](=O)[O-])cc1. The van der Waals surface area contributed by atoms with E-state index in [9.17, 15) is 19.7 Å². The van der Waals surface area contributed by atoms with Gasteiger partial charge in [-0.2, -0.15) is 0 Å². The van der Waals surface area contributed by atoms with Gasteiger partial charge in [-0.1, -0.05) is 25.4 Å². The van der Waals surface area contributed by atoms with Gasteiger partial charge in [0.05, 0.1) is 10.5 Å². The molecule has 154 valence electrons. The molecule has 29 heavy (non-hydrogen) atoms. The quantitative estimate of drug-likeness (QED) is 0.367. The fourth-order valence-corrected chi connectivity index (χ4v) is 2.44. The first-order chi connectivity index (χ1) is 13.8. The normalized spacial score (nSPS) is 10.5. The van der Waals surface area contributed by atoms with Crippen LogP contribution in [0.15, 0.2) is 42.5 Å². The molecule has 2 aromatic rings. The van der Waals surface area contributed by atoms with Gasteiger partial charge < -0.3 is 14.8 Å². The summed E-state index contributed by atoms with van der Waals surface area (Å²) in [6.07, 6.45) is 0.840. The first-order valence-corrected chi connectivity index (χ1v) is 9.29. The number of carbonyl (C=O) groups is 2. The minimum absolute atomic E-state index is 0.0211. The highest BCUT2D eigenvalue weighted by molar-refractivity contribution is 6.30. The summed E-state index contributed by atoms with van der Waals surface area (Å²) in [7, 11) is 0. The molecule has 0 spiro atoms. The number of esters is 1. The van der Waals surface area contributed by atoms with Crippen LogP contribution in [0.2, 0.25) is 5.02 Å². The molecule has 0 aliphatic carbocycles. The van der Waals surface area contributed by atoms with Crippen LogP contribution in [0.5, 0.6) is 11.5 Å². The van der Waals surface area contributed by atoms with E-state index in [1.807, 2.05) is 13.8 Å². The molecule has 0 atom stereocenters. The van der Waals surface area contributed by atoms with Crippen LogP contribution in [0.1, 0.15) is 30.6 Å². The zero-order valence-corrected chi connectivity index (χ0v) is 16.8. The van der Waals surface area contributed by atoms with Gasteiger partial charge in [-0.3, -0.25) is 14.9 Å². The Hall–Kier alpha value is -3.13. The van der Waals surface area contributed by atoms with Crippen molar-refractivity contribution in [3.8, 4) is 11.5 Å². The van der Waals surface area contributed by atoms with Crippen LogP contribution in [0.3, 0.4) is 0 Å². The molecule has 2 rings (SSSR count). The van der Waals surface area contributed by atoms with Gasteiger partial charge in [0.25, 0.3) is 5.91 Å². The molecule has 1 amide bonds. The molecule has 0 aromatic heterocycles. The summed E-state index contributed by atoms with van der Waals surface area (Å²) in [6.45, 7) is 4.25. The number of nitro groups is 1. The molecule has 0 aliphatic rings. The summed E-state index contributed by atoms with van der Waals surface area (Å²) in [5.41, 5.74) is -0.0533. The highest BCUT2D eigenvalue weighted by Crippen LogP contribution is 2.33. The second-order valence-corrected chi connectivity index (χ2v) is 7.04. The van der Waals surface area contributed by atoms with Gasteiger partial charge in [0.1, 0.15) is 5.75 Å². The van der Waals surface area contributed by atoms with Crippen LogP contribution in [0.4, 0.5) is 5.69 Å². The number of rotatable bonds is 9. The number of hydrogen-bond acceptors (Lipinski definition) is 6. The summed E-state index contributed by atoms with van der Waals surface area (Å²) < 4.78 is 10.5. The Morgan fingerprint density at radius 2 is 1.86 bits per heavy atom. The maximum atomic E-state index is 12.0. The summed E-state index contributed by atoms with van der Waals surface area (Å²) >= 11 is 5.77. The molecule has 0 saturated heterocycles. The predicted molar refractivity (Wildman–Crippen MR) is 107 cm³/mol. The van der Waals surface area contributed by atoms with Crippen LogP contribution >= 0.6 is 11.6 Å². The standard InChI is InChI=1S/C20H21ClN2O6/c1-13(2)9-10-22-19(24)12-28-20(25)14-3-6-16(7-4-14)29-18-8-5-15(21)11-17(18)23(26)27/h3-8,11,13H,9-10,12H2,1-2H3,(H,22,24). The van der Waals surface area contributed by atoms with Gasteiger partial charge in [0.15, 0.2) is 6.61 Å². The van der Waals surface area contributed by atoms with E-state index in [0.717, 1.165) is 6.42 Å². The van der Waals surface area contributed by atoms with Gasteiger partial charge in [0.2, 0.25) is 5.75 Å². The molecule has 0 saturated carbocycles. The summed E-state index contributed by atoms with van der Waals surface area (Å²) in [6, 6.07) is 9.87. The van der Waals surface area contributed by atoms with Crippen LogP contribution in [-0.4, -0.2) is 30.0 Å². The van der Waals surface area contributed by atoms with Gasteiger partial charge in [-0.05, 0) is 48.7 Å². The molecule has 8 nitrogen and oxygen atoms in total. The first-order valence-electron chi connectivity index (χ1n) is 8.92. The highest BCUT2D eigenvalue weighted by atomic mass is 35.5. The lowest BCUT2D eigenvalue weighted by Gasteiger charge is -2.09. The van der Waals surface area contributed by atoms with E-state index in [-0.39, 0.29) is 34.5 Å². The zero-order chi connectivity index (χ0) is 21.4. The average molecular weight is 421 g/mol. The second kappa shape index (κ2) is 10.4. The molecule has 1 N–H and O–H groups in total. The number of ether oxygens (including phenoxy) is 2. The summed E-state index contributed by atoms with van der Waals surface area (Å²) in [5, 5.41) is 14.0. The van der Waals surface area contributed by atoms with Crippen LogP contribution in [-0.2, 0) is 9.53 Å². The number of nitro benzene ring substituents is 1. The fourth-order valence-electron chi connectivity index (χ4n) is 2.27. The van der Waals surface area contributed by atoms with Crippen molar-refractivity contribution in [2.24, 2.45) is 5.92 Å².